The van der Waals surface area contributed by atoms with Crippen LogP contribution in [-0.2, 0) is 0 Å². The Balaban J connectivity index is 2.48. The second-order valence-corrected chi connectivity index (χ2v) is 5.71. The van der Waals surface area contributed by atoms with E-state index in [0.29, 0.717) is 20.1 Å². The molecule has 6 nitrogen and oxygen atoms in total. The van der Waals surface area contributed by atoms with Gasteiger partial charge < -0.3 is 29.4 Å². The number of hydrogen-bond acceptors (Lipinski definition) is 6. The predicted molar refractivity (Wildman–Crippen MR) is 88.9 cm³/mol. The highest BCUT2D eigenvalue weighted by Gasteiger charge is 2.19. The van der Waals surface area contributed by atoms with E-state index in [0.717, 1.165) is 0 Å². The summed E-state index contributed by atoms with van der Waals surface area (Å²) in [6, 6.07) is 10.1. The summed E-state index contributed by atoms with van der Waals surface area (Å²) < 4.78 is 10.8. The summed E-state index contributed by atoms with van der Waals surface area (Å²) in [6.45, 7) is 0. The maximum Gasteiger partial charge on any atom is 0.707 e. The summed E-state index contributed by atoms with van der Waals surface area (Å²) in [5.74, 6) is 0.487. The molecule has 0 radical (unpaired) electrons. The molecule has 0 aromatic heterocycles. The smallest absolute Gasteiger partial charge is 0.511 e. The van der Waals surface area contributed by atoms with Gasteiger partial charge in [0.15, 0.2) is 0 Å². The molecule has 0 aliphatic rings. The zero-order valence-electron chi connectivity index (χ0n) is 11.0. The molecular formula is C12H10B2Br2O6. The molecule has 0 bridgehead atoms. The van der Waals surface area contributed by atoms with Crippen molar-refractivity contribution in [1.82, 2.24) is 0 Å². The molecule has 0 saturated heterocycles. The number of rotatable bonds is 5. The quantitative estimate of drug-likeness (QED) is 0.537. The fourth-order valence-electron chi connectivity index (χ4n) is 1.85. The zero-order valence-corrected chi connectivity index (χ0v) is 14.2. The van der Waals surface area contributed by atoms with E-state index in [9.17, 15) is 0 Å². The molecule has 114 valence electrons. The Morgan fingerprint density at radius 3 is 1.36 bits per heavy atom. The topological polar surface area (TPSA) is 99.4 Å². The fourth-order valence-corrected chi connectivity index (χ4v) is 2.99. The maximum atomic E-state index is 8.92. The minimum Gasteiger partial charge on any atom is -0.511 e. The van der Waals surface area contributed by atoms with Crippen LogP contribution in [0.25, 0.3) is 11.1 Å². The first-order chi connectivity index (χ1) is 10.4. The van der Waals surface area contributed by atoms with Gasteiger partial charge in [-0.05, 0) is 44.0 Å². The van der Waals surface area contributed by atoms with Crippen molar-refractivity contribution in [3.05, 3.63) is 45.3 Å². The van der Waals surface area contributed by atoms with Crippen LogP contribution in [0.4, 0.5) is 0 Å². The zero-order chi connectivity index (χ0) is 16.3. The van der Waals surface area contributed by atoms with Crippen LogP contribution in [-0.4, -0.2) is 34.7 Å². The normalized spacial score (nSPS) is 10.3. The molecule has 0 saturated carbocycles. The van der Waals surface area contributed by atoms with Crippen molar-refractivity contribution in [1.29, 1.82) is 0 Å². The minimum atomic E-state index is -1.94. The third-order valence-electron chi connectivity index (χ3n) is 2.68. The van der Waals surface area contributed by atoms with E-state index >= 15 is 0 Å². The van der Waals surface area contributed by atoms with Crippen molar-refractivity contribution in [2.45, 2.75) is 0 Å². The lowest BCUT2D eigenvalue weighted by Crippen LogP contribution is -2.21. The van der Waals surface area contributed by atoms with E-state index in [1.807, 2.05) is 0 Å². The van der Waals surface area contributed by atoms with Crippen LogP contribution in [0.1, 0.15) is 0 Å². The number of hydrogen-bond donors (Lipinski definition) is 4. The summed E-state index contributed by atoms with van der Waals surface area (Å²) in [6.07, 6.45) is 0. The van der Waals surface area contributed by atoms with E-state index in [2.05, 4.69) is 31.9 Å². The van der Waals surface area contributed by atoms with Crippen molar-refractivity contribution in [3.8, 4) is 22.6 Å². The second-order valence-electron chi connectivity index (χ2n) is 4.12. The third kappa shape index (κ3) is 4.03. The summed E-state index contributed by atoms with van der Waals surface area (Å²) in [5, 5.41) is 35.7. The Morgan fingerprint density at radius 1 is 0.682 bits per heavy atom. The fraction of sp³-hybridized carbons (Fsp3) is 0. The SMILES string of the molecule is OB(O)Oc1cccc(-c2cccc(OB(O)O)c2Br)c1Br. The predicted octanol–water partition coefficient (Wildman–Crippen LogP) is 1.58. The van der Waals surface area contributed by atoms with E-state index < -0.39 is 14.6 Å². The van der Waals surface area contributed by atoms with Gasteiger partial charge in [-0.25, -0.2) is 0 Å². The van der Waals surface area contributed by atoms with Gasteiger partial charge in [-0.15, -0.1) is 0 Å². The number of halogens is 2. The summed E-state index contributed by atoms with van der Waals surface area (Å²) >= 11 is 6.70. The highest BCUT2D eigenvalue weighted by atomic mass is 79.9. The first-order valence-corrected chi connectivity index (χ1v) is 7.61. The van der Waals surface area contributed by atoms with Crippen molar-refractivity contribution in [2.75, 3.05) is 0 Å². The molecule has 2 rings (SSSR count). The van der Waals surface area contributed by atoms with E-state index in [1.165, 1.54) is 0 Å². The Labute approximate surface area is 143 Å². The van der Waals surface area contributed by atoms with Crippen molar-refractivity contribution < 1.29 is 29.4 Å². The summed E-state index contributed by atoms with van der Waals surface area (Å²) in [5.41, 5.74) is 1.37. The van der Waals surface area contributed by atoms with Gasteiger partial charge in [0, 0.05) is 11.1 Å². The van der Waals surface area contributed by atoms with Gasteiger partial charge in [-0.1, -0.05) is 24.3 Å². The van der Waals surface area contributed by atoms with Gasteiger partial charge in [0.2, 0.25) is 0 Å². The first-order valence-electron chi connectivity index (χ1n) is 6.03. The molecular weight excluding hydrogens is 422 g/mol. The van der Waals surface area contributed by atoms with Crippen LogP contribution in [0.5, 0.6) is 11.5 Å². The van der Waals surface area contributed by atoms with Crippen LogP contribution < -0.4 is 9.31 Å². The van der Waals surface area contributed by atoms with Crippen molar-refractivity contribution >= 4 is 46.5 Å². The van der Waals surface area contributed by atoms with Gasteiger partial charge >= 0.3 is 14.6 Å². The molecule has 22 heavy (non-hydrogen) atoms. The van der Waals surface area contributed by atoms with Gasteiger partial charge in [-0.2, -0.15) is 0 Å². The van der Waals surface area contributed by atoms with Crippen LogP contribution in [0.2, 0.25) is 0 Å². The molecule has 2 aromatic rings. The van der Waals surface area contributed by atoms with Crippen LogP contribution in [0, 0.1) is 0 Å². The van der Waals surface area contributed by atoms with E-state index in [4.69, 9.17) is 29.4 Å². The number of benzene rings is 2. The molecule has 0 amide bonds. The average molecular weight is 432 g/mol. The molecule has 0 fully saturated rings. The largest absolute Gasteiger partial charge is 0.707 e. The standard InChI is InChI=1S/C12H10B2Br2O6/c15-11-7(3-1-5-9(11)21-13(17)18)8-4-2-6-10(12(8)16)22-14(19)20/h1-6,17-20H. The molecule has 2 aromatic carbocycles. The third-order valence-corrected chi connectivity index (χ3v) is 4.32. The Kier molecular flexibility index (Phi) is 5.90. The summed E-state index contributed by atoms with van der Waals surface area (Å²) in [7, 11) is -3.87. The van der Waals surface area contributed by atoms with Crippen LogP contribution in [0.3, 0.4) is 0 Å². The molecule has 0 spiro atoms. The van der Waals surface area contributed by atoms with Gasteiger partial charge in [0.1, 0.15) is 11.5 Å². The molecule has 0 atom stereocenters. The highest BCUT2D eigenvalue weighted by molar-refractivity contribution is 9.11. The van der Waals surface area contributed by atoms with Crippen LogP contribution >= 0.6 is 31.9 Å². The monoisotopic (exact) mass is 430 g/mol. The molecule has 0 heterocycles. The summed E-state index contributed by atoms with van der Waals surface area (Å²) in [4.78, 5) is 0. The molecule has 10 heteroatoms. The van der Waals surface area contributed by atoms with Gasteiger partial charge in [0.25, 0.3) is 0 Å². The van der Waals surface area contributed by atoms with Crippen LogP contribution in [0.15, 0.2) is 45.3 Å². The lowest BCUT2D eigenvalue weighted by Gasteiger charge is -2.14. The average Bonchev–Trinajstić information content (AvgIpc) is 2.43. The second kappa shape index (κ2) is 7.49. The van der Waals surface area contributed by atoms with E-state index in [-0.39, 0.29) is 11.5 Å². The van der Waals surface area contributed by atoms with Crippen molar-refractivity contribution in [2.24, 2.45) is 0 Å². The minimum absolute atomic E-state index is 0.243. The van der Waals surface area contributed by atoms with Crippen molar-refractivity contribution in [3.63, 3.8) is 0 Å². The lowest BCUT2D eigenvalue weighted by molar-refractivity contribution is 0.286. The van der Waals surface area contributed by atoms with Gasteiger partial charge in [0.05, 0.1) is 8.95 Å². The molecule has 0 unspecified atom stereocenters. The Hall–Kier alpha value is -1.03. The molecule has 4 N–H and O–H groups in total. The highest BCUT2D eigenvalue weighted by Crippen LogP contribution is 2.41. The Bertz CT molecular complexity index is 611. The van der Waals surface area contributed by atoms with Gasteiger partial charge in [-0.3, -0.25) is 0 Å². The Morgan fingerprint density at radius 2 is 1.05 bits per heavy atom. The molecule has 0 aliphatic heterocycles. The lowest BCUT2D eigenvalue weighted by atomic mass is 10.0. The van der Waals surface area contributed by atoms with E-state index in [1.54, 1.807) is 36.4 Å². The first kappa shape index (κ1) is 17.3. The molecule has 0 aliphatic carbocycles. The maximum absolute atomic E-state index is 8.92.